The second-order valence-corrected chi connectivity index (χ2v) is 8.40. The van der Waals surface area contributed by atoms with Crippen LogP contribution in [0.4, 0.5) is 10.1 Å². The van der Waals surface area contributed by atoms with Crippen LogP contribution in [0.3, 0.4) is 0 Å². The number of carbonyl (C=O) groups is 2. The van der Waals surface area contributed by atoms with E-state index in [1.54, 1.807) is 35.6 Å². The highest BCUT2D eigenvalue weighted by Gasteiger charge is 2.14. The monoisotopic (exact) mass is 446 g/mol. The molecule has 3 aromatic rings. The molecule has 4 nitrogen and oxygen atoms in total. The maximum absolute atomic E-state index is 13.8. The van der Waals surface area contributed by atoms with Crippen LogP contribution in [0.1, 0.15) is 31.2 Å². The number of thiophene rings is 1. The predicted molar refractivity (Wildman–Crippen MR) is 109 cm³/mol. The molecule has 1 aromatic heterocycles. The third-order valence-corrected chi connectivity index (χ3v) is 5.54. The Morgan fingerprint density at radius 2 is 1.85 bits per heavy atom. The standard InChI is InChI=1S/C20H16BrFN2O2S/c1-12-6-7-13(19(25)23-11-14-8-9-18(21)27-14)10-17(12)24-20(26)15-4-2-3-5-16(15)22/h2-10H,11H2,1H3,(H,23,25)(H,24,26). The van der Waals surface area contributed by atoms with Crippen molar-refractivity contribution >= 4 is 44.8 Å². The minimum Gasteiger partial charge on any atom is -0.347 e. The zero-order valence-corrected chi connectivity index (χ0v) is 16.8. The topological polar surface area (TPSA) is 58.2 Å². The van der Waals surface area contributed by atoms with E-state index < -0.39 is 11.7 Å². The summed E-state index contributed by atoms with van der Waals surface area (Å²) >= 11 is 4.93. The van der Waals surface area contributed by atoms with Gasteiger partial charge >= 0.3 is 0 Å². The van der Waals surface area contributed by atoms with E-state index in [4.69, 9.17) is 0 Å². The summed E-state index contributed by atoms with van der Waals surface area (Å²) in [5, 5.41) is 5.52. The Morgan fingerprint density at radius 1 is 1.07 bits per heavy atom. The van der Waals surface area contributed by atoms with Crippen molar-refractivity contribution in [2.45, 2.75) is 13.5 Å². The minimum absolute atomic E-state index is 0.0463. The Morgan fingerprint density at radius 3 is 2.56 bits per heavy atom. The largest absolute Gasteiger partial charge is 0.347 e. The van der Waals surface area contributed by atoms with Gasteiger partial charge in [-0.3, -0.25) is 9.59 Å². The maximum Gasteiger partial charge on any atom is 0.258 e. The van der Waals surface area contributed by atoms with Gasteiger partial charge in [0.25, 0.3) is 11.8 Å². The van der Waals surface area contributed by atoms with Gasteiger partial charge in [-0.25, -0.2) is 4.39 Å². The van der Waals surface area contributed by atoms with Crippen molar-refractivity contribution in [2.24, 2.45) is 0 Å². The first-order valence-electron chi connectivity index (χ1n) is 8.13. The number of amides is 2. The Balaban J connectivity index is 1.72. The Labute approximate surface area is 168 Å². The van der Waals surface area contributed by atoms with E-state index in [0.717, 1.165) is 14.2 Å². The van der Waals surface area contributed by atoms with Gasteiger partial charge < -0.3 is 10.6 Å². The Kier molecular flexibility index (Phi) is 6.03. The summed E-state index contributed by atoms with van der Waals surface area (Å²) in [6.45, 7) is 2.22. The molecule has 1 heterocycles. The van der Waals surface area contributed by atoms with Crippen LogP contribution in [0.5, 0.6) is 0 Å². The average Bonchev–Trinajstić information content (AvgIpc) is 3.07. The van der Waals surface area contributed by atoms with Crippen molar-refractivity contribution in [3.8, 4) is 0 Å². The van der Waals surface area contributed by atoms with Crippen LogP contribution in [0.25, 0.3) is 0 Å². The average molecular weight is 447 g/mol. The molecule has 27 heavy (non-hydrogen) atoms. The minimum atomic E-state index is -0.594. The summed E-state index contributed by atoms with van der Waals surface area (Å²) in [6.07, 6.45) is 0. The summed E-state index contributed by atoms with van der Waals surface area (Å²) in [7, 11) is 0. The van der Waals surface area contributed by atoms with Gasteiger partial charge in [0.2, 0.25) is 0 Å². The number of rotatable bonds is 5. The normalized spacial score (nSPS) is 10.5. The fourth-order valence-corrected chi connectivity index (χ4v) is 3.87. The molecule has 2 N–H and O–H groups in total. The summed E-state index contributed by atoms with van der Waals surface area (Å²) in [5.74, 6) is -1.40. The molecule has 0 radical (unpaired) electrons. The quantitative estimate of drug-likeness (QED) is 0.569. The van der Waals surface area contributed by atoms with Gasteiger partial charge in [-0.05, 0) is 64.8 Å². The summed E-state index contributed by atoms with van der Waals surface area (Å²) < 4.78 is 14.8. The third kappa shape index (κ3) is 4.81. The predicted octanol–water partition coefficient (Wildman–Crippen LogP) is 5.14. The molecule has 0 fully saturated rings. The first kappa shape index (κ1) is 19.3. The Hall–Kier alpha value is -2.51. The van der Waals surface area contributed by atoms with E-state index in [1.165, 1.54) is 18.2 Å². The molecule has 0 atom stereocenters. The van der Waals surface area contributed by atoms with E-state index >= 15 is 0 Å². The molecular formula is C20H16BrFN2O2S. The molecule has 2 aromatic carbocycles. The van der Waals surface area contributed by atoms with Crippen LogP contribution in [0.2, 0.25) is 0 Å². The number of hydrogen-bond acceptors (Lipinski definition) is 3. The second-order valence-electron chi connectivity index (χ2n) is 5.85. The first-order chi connectivity index (χ1) is 12.9. The molecule has 0 saturated heterocycles. The first-order valence-corrected chi connectivity index (χ1v) is 9.74. The number of nitrogens with one attached hydrogen (secondary N) is 2. The lowest BCUT2D eigenvalue weighted by atomic mass is 10.1. The van der Waals surface area contributed by atoms with Crippen molar-refractivity contribution in [3.63, 3.8) is 0 Å². The van der Waals surface area contributed by atoms with Crippen LogP contribution in [-0.4, -0.2) is 11.8 Å². The number of anilines is 1. The van der Waals surface area contributed by atoms with Crippen LogP contribution < -0.4 is 10.6 Å². The van der Waals surface area contributed by atoms with Gasteiger partial charge in [0.15, 0.2) is 0 Å². The zero-order chi connectivity index (χ0) is 19.4. The maximum atomic E-state index is 13.8. The van der Waals surface area contributed by atoms with Gasteiger partial charge in [-0.15, -0.1) is 11.3 Å². The van der Waals surface area contributed by atoms with Gasteiger partial charge in [0, 0.05) is 16.1 Å². The molecule has 0 aliphatic heterocycles. The van der Waals surface area contributed by atoms with Gasteiger partial charge in [0.05, 0.1) is 15.9 Å². The van der Waals surface area contributed by atoms with Crippen LogP contribution >= 0.6 is 27.3 Å². The second kappa shape index (κ2) is 8.45. The highest BCUT2D eigenvalue weighted by Crippen LogP contribution is 2.22. The van der Waals surface area contributed by atoms with Crippen LogP contribution in [0.15, 0.2) is 58.4 Å². The van der Waals surface area contributed by atoms with E-state index in [1.807, 2.05) is 19.1 Å². The molecule has 2 amide bonds. The summed E-state index contributed by atoms with van der Waals surface area (Å²) in [4.78, 5) is 25.8. The van der Waals surface area contributed by atoms with Gasteiger partial charge in [0.1, 0.15) is 5.82 Å². The zero-order valence-electron chi connectivity index (χ0n) is 14.4. The lowest BCUT2D eigenvalue weighted by Crippen LogP contribution is -2.23. The number of halogens is 2. The molecule has 0 unspecified atom stereocenters. The molecule has 0 spiro atoms. The van der Waals surface area contributed by atoms with Gasteiger partial charge in [-0.1, -0.05) is 18.2 Å². The highest BCUT2D eigenvalue weighted by atomic mass is 79.9. The molecule has 138 valence electrons. The van der Waals surface area contributed by atoms with Gasteiger partial charge in [-0.2, -0.15) is 0 Å². The molecule has 3 rings (SSSR count). The van der Waals surface area contributed by atoms with Crippen LogP contribution in [-0.2, 0) is 6.54 Å². The number of carbonyl (C=O) groups excluding carboxylic acids is 2. The van der Waals surface area contributed by atoms with E-state index in [0.29, 0.717) is 17.8 Å². The Bertz CT molecular complexity index is 1000. The van der Waals surface area contributed by atoms with E-state index in [2.05, 4.69) is 26.6 Å². The summed E-state index contributed by atoms with van der Waals surface area (Å²) in [6, 6.07) is 14.6. The fraction of sp³-hybridized carbons (Fsp3) is 0.100. The lowest BCUT2D eigenvalue weighted by molar-refractivity contribution is 0.0949. The number of aryl methyl sites for hydroxylation is 1. The molecule has 0 saturated carbocycles. The fourth-order valence-electron chi connectivity index (χ4n) is 2.45. The van der Waals surface area contributed by atoms with E-state index in [9.17, 15) is 14.0 Å². The summed E-state index contributed by atoms with van der Waals surface area (Å²) in [5.41, 5.74) is 1.61. The molecule has 7 heteroatoms. The molecule has 0 aliphatic rings. The van der Waals surface area contributed by atoms with E-state index in [-0.39, 0.29) is 11.5 Å². The smallest absolute Gasteiger partial charge is 0.258 e. The van der Waals surface area contributed by atoms with Crippen LogP contribution in [0, 0.1) is 12.7 Å². The lowest BCUT2D eigenvalue weighted by Gasteiger charge is -2.11. The molecule has 0 bridgehead atoms. The van der Waals surface area contributed by atoms with Crippen molar-refractivity contribution in [1.29, 1.82) is 0 Å². The SMILES string of the molecule is Cc1ccc(C(=O)NCc2ccc(Br)s2)cc1NC(=O)c1ccccc1F. The van der Waals surface area contributed by atoms with Crippen molar-refractivity contribution in [2.75, 3.05) is 5.32 Å². The van der Waals surface area contributed by atoms with Crippen molar-refractivity contribution in [1.82, 2.24) is 5.32 Å². The van der Waals surface area contributed by atoms with Crippen molar-refractivity contribution in [3.05, 3.63) is 85.8 Å². The molecular weight excluding hydrogens is 431 g/mol. The highest BCUT2D eigenvalue weighted by molar-refractivity contribution is 9.11. The third-order valence-electron chi connectivity index (χ3n) is 3.92. The van der Waals surface area contributed by atoms with Crippen molar-refractivity contribution < 1.29 is 14.0 Å². The number of hydrogen-bond donors (Lipinski definition) is 2. The number of benzene rings is 2. The molecule has 0 aliphatic carbocycles.